The number of carbonyl (C=O) groups is 3. The first-order chi connectivity index (χ1) is 15.8. The van der Waals surface area contributed by atoms with Crippen molar-refractivity contribution in [1.29, 1.82) is 0 Å². The van der Waals surface area contributed by atoms with E-state index >= 15 is 0 Å². The molecule has 2 fully saturated rings. The van der Waals surface area contributed by atoms with Crippen LogP contribution >= 0.6 is 0 Å². The van der Waals surface area contributed by atoms with Crippen LogP contribution in [0.3, 0.4) is 0 Å². The van der Waals surface area contributed by atoms with E-state index in [0.29, 0.717) is 24.4 Å². The van der Waals surface area contributed by atoms with Gasteiger partial charge in [-0.05, 0) is 44.0 Å². The second-order valence-corrected chi connectivity index (χ2v) is 8.99. The standard InChI is InChI=1S/C23H26N4O6/c1-12-11-27-16-4-3-14(17(28)5-6-18-24-7-8-32-18)9-15(16)10-23(19(27)13(2)33-12)20(29)25-22(31)26-21(23)30/h3-4,7-9,12-13,19-20,29H,5-6,10-11H2,1-2H3,(H2,25,26,30,31)/t12-,13+,19-,20-,23-/m1/s1. The number of rotatable bonds is 4. The molecule has 0 radical (unpaired) electrons. The Morgan fingerprint density at radius 1 is 1.33 bits per heavy atom. The monoisotopic (exact) mass is 454 g/mol. The minimum Gasteiger partial charge on any atom is -0.449 e. The molecule has 10 heteroatoms. The molecule has 1 aromatic carbocycles. The highest BCUT2D eigenvalue weighted by Crippen LogP contribution is 2.48. The first-order valence-corrected chi connectivity index (χ1v) is 11.1. The van der Waals surface area contributed by atoms with E-state index in [-0.39, 0.29) is 30.8 Å². The molecule has 1 spiro atoms. The lowest BCUT2D eigenvalue weighted by molar-refractivity contribution is -0.155. The van der Waals surface area contributed by atoms with Crippen LogP contribution in [0, 0.1) is 5.41 Å². The fourth-order valence-corrected chi connectivity index (χ4v) is 5.52. The summed E-state index contributed by atoms with van der Waals surface area (Å²) >= 11 is 0. The van der Waals surface area contributed by atoms with Crippen molar-refractivity contribution in [1.82, 2.24) is 15.6 Å². The Kier molecular flexibility index (Phi) is 5.21. The number of Topliss-reactive ketones (excluding diaryl/α,β-unsaturated/α-hetero) is 1. The van der Waals surface area contributed by atoms with Gasteiger partial charge in [-0.15, -0.1) is 0 Å². The van der Waals surface area contributed by atoms with E-state index in [4.69, 9.17) is 9.15 Å². The number of benzene rings is 1. The Balaban J connectivity index is 1.52. The number of oxazole rings is 1. The predicted molar refractivity (Wildman–Crippen MR) is 116 cm³/mol. The molecule has 3 aliphatic heterocycles. The number of nitrogens with one attached hydrogen (secondary N) is 2. The number of carbonyl (C=O) groups excluding carboxylic acids is 3. The summed E-state index contributed by atoms with van der Waals surface area (Å²) in [6.45, 7) is 4.33. The van der Waals surface area contributed by atoms with Crippen molar-refractivity contribution in [2.75, 3.05) is 11.4 Å². The summed E-state index contributed by atoms with van der Waals surface area (Å²) in [4.78, 5) is 44.1. The minimum atomic E-state index is -1.40. The number of imide groups is 1. The lowest BCUT2D eigenvalue weighted by atomic mass is 9.66. The second kappa shape index (κ2) is 7.96. The normalized spacial score (nSPS) is 30.9. The van der Waals surface area contributed by atoms with E-state index in [1.165, 1.54) is 12.5 Å². The van der Waals surface area contributed by atoms with Crippen molar-refractivity contribution in [3.63, 3.8) is 0 Å². The van der Waals surface area contributed by atoms with Crippen LogP contribution in [0.5, 0.6) is 0 Å². The van der Waals surface area contributed by atoms with Crippen LogP contribution in [0.1, 0.15) is 42.1 Å². The van der Waals surface area contributed by atoms with Crippen LogP contribution in [-0.2, 0) is 22.4 Å². The van der Waals surface area contributed by atoms with Gasteiger partial charge in [0.05, 0.1) is 24.4 Å². The smallest absolute Gasteiger partial charge is 0.323 e. The maximum absolute atomic E-state index is 13.2. The van der Waals surface area contributed by atoms with Crippen molar-refractivity contribution in [2.24, 2.45) is 5.41 Å². The van der Waals surface area contributed by atoms with Gasteiger partial charge < -0.3 is 24.5 Å². The minimum absolute atomic E-state index is 0.0714. The number of anilines is 1. The highest BCUT2D eigenvalue weighted by molar-refractivity contribution is 6.02. The van der Waals surface area contributed by atoms with E-state index < -0.39 is 29.6 Å². The largest absolute Gasteiger partial charge is 0.449 e. The number of aryl methyl sites for hydroxylation is 1. The highest BCUT2D eigenvalue weighted by atomic mass is 16.5. The number of nitrogens with zero attached hydrogens (tertiary/aromatic N) is 2. The lowest BCUT2D eigenvalue weighted by Gasteiger charge is -2.57. The van der Waals surface area contributed by atoms with Crippen molar-refractivity contribution < 1.29 is 28.6 Å². The molecule has 4 heterocycles. The van der Waals surface area contributed by atoms with Gasteiger partial charge in [0.15, 0.2) is 11.7 Å². The fourth-order valence-electron chi connectivity index (χ4n) is 5.52. The summed E-state index contributed by atoms with van der Waals surface area (Å²) < 4.78 is 11.2. The number of fused-ring (bicyclic) bond motifs is 4. The van der Waals surface area contributed by atoms with Gasteiger partial charge in [-0.25, -0.2) is 9.78 Å². The Morgan fingerprint density at radius 3 is 2.88 bits per heavy atom. The molecule has 33 heavy (non-hydrogen) atoms. The fraction of sp³-hybridized carbons (Fsp3) is 0.478. The number of morpholine rings is 1. The number of hydrogen-bond donors (Lipinski definition) is 3. The van der Waals surface area contributed by atoms with Crippen molar-refractivity contribution >= 4 is 23.4 Å². The van der Waals surface area contributed by atoms with Crippen LogP contribution in [-0.4, -0.2) is 58.8 Å². The SMILES string of the molecule is C[C@@H]1CN2c3ccc(C(=O)CCc4ncco4)cc3C[C@@]3(C(=O)NC(=O)N[C@@H]3O)[C@H]2[C@H](C)O1. The quantitative estimate of drug-likeness (QED) is 0.587. The molecule has 1 aromatic heterocycles. The van der Waals surface area contributed by atoms with Crippen LogP contribution in [0.4, 0.5) is 10.5 Å². The summed E-state index contributed by atoms with van der Waals surface area (Å²) in [6.07, 6.45) is 1.91. The summed E-state index contributed by atoms with van der Waals surface area (Å²) in [5, 5.41) is 15.8. The van der Waals surface area contributed by atoms with E-state index in [1.807, 2.05) is 19.9 Å². The maximum atomic E-state index is 13.2. The van der Waals surface area contributed by atoms with Crippen LogP contribution in [0.15, 0.2) is 35.1 Å². The third kappa shape index (κ3) is 3.50. The molecule has 174 valence electrons. The molecule has 3 aliphatic rings. The molecule has 3 amide bonds. The topological polar surface area (TPSA) is 134 Å². The first kappa shape index (κ1) is 21.6. The van der Waals surface area contributed by atoms with Gasteiger partial charge in [-0.3, -0.25) is 14.9 Å². The number of ether oxygens (including phenoxy) is 1. The third-order valence-corrected chi connectivity index (χ3v) is 6.86. The van der Waals surface area contributed by atoms with Crippen molar-refractivity contribution in [2.45, 2.75) is 57.6 Å². The number of aromatic nitrogens is 1. The van der Waals surface area contributed by atoms with Crippen molar-refractivity contribution in [3.8, 4) is 0 Å². The zero-order chi connectivity index (χ0) is 23.3. The molecule has 3 N–H and O–H groups in total. The van der Waals surface area contributed by atoms with Crippen molar-refractivity contribution in [3.05, 3.63) is 47.7 Å². The zero-order valence-electron chi connectivity index (χ0n) is 18.4. The Labute approximate surface area is 190 Å². The Bertz CT molecular complexity index is 1100. The maximum Gasteiger partial charge on any atom is 0.323 e. The van der Waals surface area contributed by atoms with Crippen LogP contribution < -0.4 is 15.5 Å². The third-order valence-electron chi connectivity index (χ3n) is 6.86. The number of urea groups is 1. The summed E-state index contributed by atoms with van der Waals surface area (Å²) in [5.41, 5.74) is 0.812. The van der Waals surface area contributed by atoms with Crippen LogP contribution in [0.2, 0.25) is 0 Å². The summed E-state index contributed by atoms with van der Waals surface area (Å²) in [6, 6.07) is 4.23. The van der Waals surface area contributed by atoms with Gasteiger partial charge in [-0.1, -0.05) is 0 Å². The van der Waals surface area contributed by atoms with Gasteiger partial charge in [0.2, 0.25) is 5.91 Å². The first-order valence-electron chi connectivity index (χ1n) is 11.1. The summed E-state index contributed by atoms with van der Waals surface area (Å²) in [5.74, 6) is -0.125. The van der Waals surface area contributed by atoms with Gasteiger partial charge >= 0.3 is 6.03 Å². The summed E-state index contributed by atoms with van der Waals surface area (Å²) in [7, 11) is 0. The van der Waals surface area contributed by atoms with E-state index in [1.54, 1.807) is 12.1 Å². The number of aliphatic hydroxyl groups is 1. The van der Waals surface area contributed by atoms with Gasteiger partial charge in [-0.2, -0.15) is 0 Å². The Morgan fingerprint density at radius 2 is 2.15 bits per heavy atom. The molecule has 5 atom stereocenters. The molecule has 2 saturated heterocycles. The average molecular weight is 454 g/mol. The molecule has 0 unspecified atom stereocenters. The molecule has 0 bridgehead atoms. The van der Waals surface area contributed by atoms with E-state index in [2.05, 4.69) is 20.5 Å². The molecule has 0 aliphatic carbocycles. The van der Waals surface area contributed by atoms with E-state index in [0.717, 1.165) is 11.3 Å². The zero-order valence-corrected chi connectivity index (χ0v) is 18.4. The highest BCUT2D eigenvalue weighted by Gasteiger charge is 2.62. The molecular weight excluding hydrogens is 428 g/mol. The number of ketones is 1. The lowest BCUT2D eigenvalue weighted by Crippen LogP contribution is -2.76. The molecular formula is C23H26N4O6. The molecule has 2 aromatic rings. The molecule has 0 saturated carbocycles. The van der Waals surface area contributed by atoms with Gasteiger partial charge in [0, 0.05) is 30.6 Å². The van der Waals surface area contributed by atoms with Gasteiger partial charge in [0.25, 0.3) is 0 Å². The van der Waals surface area contributed by atoms with Crippen LogP contribution in [0.25, 0.3) is 0 Å². The predicted octanol–water partition coefficient (Wildman–Crippen LogP) is 1.17. The average Bonchev–Trinajstić information content (AvgIpc) is 3.28. The molecule has 5 rings (SSSR count). The number of hydrogen-bond acceptors (Lipinski definition) is 8. The van der Waals surface area contributed by atoms with Gasteiger partial charge in [0.1, 0.15) is 17.9 Å². The molecule has 10 nitrogen and oxygen atoms in total. The number of aliphatic hydroxyl groups excluding tert-OH is 1. The number of amides is 3. The second-order valence-electron chi connectivity index (χ2n) is 8.99. The van der Waals surface area contributed by atoms with E-state index in [9.17, 15) is 19.5 Å². The Hall–Kier alpha value is -3.24.